The first-order valence-corrected chi connectivity index (χ1v) is 10.9. The average Bonchev–Trinajstić information content (AvgIpc) is 2.47. The Bertz CT molecular complexity index is 376. The van der Waals surface area contributed by atoms with Crippen LogP contribution in [-0.4, -0.2) is 56.4 Å². The zero-order valence-electron chi connectivity index (χ0n) is 13.6. The second-order valence-electron chi connectivity index (χ2n) is 5.65. The summed E-state index contributed by atoms with van der Waals surface area (Å²) in [6, 6.07) is 0.116. The fourth-order valence-corrected chi connectivity index (χ4v) is 5.23. The van der Waals surface area contributed by atoms with Crippen LogP contribution in [0.2, 0.25) is 0 Å². The highest BCUT2D eigenvalue weighted by atomic mass is 32.2. The summed E-state index contributed by atoms with van der Waals surface area (Å²) in [6.45, 7) is 6.50. The highest BCUT2D eigenvalue weighted by Gasteiger charge is 2.32. The zero-order valence-corrected chi connectivity index (χ0v) is 15.2. The van der Waals surface area contributed by atoms with E-state index in [4.69, 9.17) is 0 Å². The van der Waals surface area contributed by atoms with Gasteiger partial charge in [-0.15, -0.1) is 0 Å². The minimum atomic E-state index is -3.37. The molecule has 1 rings (SSSR count). The molecule has 21 heavy (non-hydrogen) atoms. The third kappa shape index (κ3) is 6.44. The van der Waals surface area contributed by atoms with Crippen molar-refractivity contribution in [3.63, 3.8) is 0 Å². The molecule has 2 unspecified atom stereocenters. The lowest BCUT2D eigenvalue weighted by Gasteiger charge is -2.35. The van der Waals surface area contributed by atoms with E-state index >= 15 is 0 Å². The topological polar surface area (TPSA) is 61.4 Å². The second-order valence-corrected chi connectivity index (χ2v) is 8.21. The second kappa shape index (κ2) is 10.0. The summed E-state index contributed by atoms with van der Waals surface area (Å²) in [5.74, 6) is 0.822. The standard InChI is InChI=1S/C14H31N3O2S2/c1-4-9-15-11-14-8-6-7-10-17(14)21(18,19)16-13(5-2)12-20-3/h13-16H,4-12H2,1-3H3. The maximum absolute atomic E-state index is 12.7. The SMILES string of the molecule is CCCNCC1CCCCN1S(=O)(=O)NC(CC)CSC. The molecule has 0 amide bonds. The maximum atomic E-state index is 12.7. The molecule has 1 aliphatic heterocycles. The van der Waals surface area contributed by atoms with Crippen LogP contribution >= 0.6 is 11.8 Å². The Morgan fingerprint density at radius 1 is 1.33 bits per heavy atom. The molecule has 7 heteroatoms. The molecule has 1 heterocycles. The maximum Gasteiger partial charge on any atom is 0.280 e. The summed E-state index contributed by atoms with van der Waals surface area (Å²) in [5, 5.41) is 3.36. The number of piperidine rings is 1. The molecule has 0 bridgehead atoms. The van der Waals surface area contributed by atoms with Crippen molar-refractivity contribution in [1.82, 2.24) is 14.3 Å². The molecule has 1 aliphatic rings. The van der Waals surface area contributed by atoms with Gasteiger partial charge in [0.2, 0.25) is 0 Å². The van der Waals surface area contributed by atoms with E-state index in [0.717, 1.165) is 50.9 Å². The van der Waals surface area contributed by atoms with Crippen LogP contribution in [0.15, 0.2) is 0 Å². The van der Waals surface area contributed by atoms with Crippen molar-refractivity contribution in [3.8, 4) is 0 Å². The van der Waals surface area contributed by atoms with E-state index in [9.17, 15) is 8.42 Å². The van der Waals surface area contributed by atoms with Crippen molar-refractivity contribution < 1.29 is 8.42 Å². The van der Waals surface area contributed by atoms with E-state index in [-0.39, 0.29) is 12.1 Å². The third-order valence-corrected chi connectivity index (χ3v) is 6.33. The smallest absolute Gasteiger partial charge is 0.280 e. The molecule has 0 aromatic rings. The Balaban J connectivity index is 2.67. The fraction of sp³-hybridized carbons (Fsp3) is 1.00. The van der Waals surface area contributed by atoms with Gasteiger partial charge in [-0.25, -0.2) is 0 Å². The predicted molar refractivity (Wildman–Crippen MR) is 92.0 cm³/mol. The molecule has 0 aromatic carbocycles. The Kier molecular flexibility index (Phi) is 9.20. The fourth-order valence-electron chi connectivity index (χ4n) is 2.65. The van der Waals surface area contributed by atoms with E-state index in [1.165, 1.54) is 0 Å². The molecule has 1 saturated heterocycles. The van der Waals surface area contributed by atoms with Gasteiger partial charge in [-0.1, -0.05) is 20.3 Å². The summed E-state index contributed by atoms with van der Waals surface area (Å²) >= 11 is 1.68. The Morgan fingerprint density at radius 2 is 2.10 bits per heavy atom. The van der Waals surface area contributed by atoms with Crippen molar-refractivity contribution in [2.24, 2.45) is 0 Å². The monoisotopic (exact) mass is 337 g/mol. The molecule has 0 radical (unpaired) electrons. The van der Waals surface area contributed by atoms with Crippen LogP contribution in [-0.2, 0) is 10.2 Å². The van der Waals surface area contributed by atoms with Crippen molar-refractivity contribution in [2.45, 2.75) is 58.0 Å². The summed E-state index contributed by atoms with van der Waals surface area (Å²) in [5.41, 5.74) is 0. The number of hydrogen-bond donors (Lipinski definition) is 2. The van der Waals surface area contributed by atoms with Crippen LogP contribution in [0.4, 0.5) is 0 Å². The average molecular weight is 338 g/mol. The molecule has 0 aliphatic carbocycles. The Labute approximate surface area is 134 Å². The summed E-state index contributed by atoms with van der Waals surface area (Å²) in [4.78, 5) is 0. The predicted octanol–water partition coefficient (Wildman–Crippen LogP) is 1.82. The number of nitrogens with one attached hydrogen (secondary N) is 2. The first-order chi connectivity index (χ1) is 10.0. The van der Waals surface area contributed by atoms with Crippen LogP contribution < -0.4 is 10.0 Å². The first kappa shape index (κ1) is 19.2. The molecular weight excluding hydrogens is 306 g/mol. The minimum Gasteiger partial charge on any atom is -0.315 e. The highest BCUT2D eigenvalue weighted by molar-refractivity contribution is 7.98. The molecule has 2 N–H and O–H groups in total. The quantitative estimate of drug-likeness (QED) is 0.597. The zero-order chi connectivity index (χ0) is 15.7. The lowest BCUT2D eigenvalue weighted by atomic mass is 10.1. The normalized spacial score (nSPS) is 22.3. The Hall–Kier alpha value is 0.180. The molecule has 0 aromatic heterocycles. The Morgan fingerprint density at radius 3 is 2.71 bits per heavy atom. The van der Waals surface area contributed by atoms with Crippen LogP contribution in [0.3, 0.4) is 0 Å². The molecule has 5 nitrogen and oxygen atoms in total. The molecular formula is C14H31N3O2S2. The van der Waals surface area contributed by atoms with Gasteiger partial charge >= 0.3 is 0 Å². The van der Waals surface area contributed by atoms with Gasteiger partial charge in [0, 0.05) is 30.9 Å². The van der Waals surface area contributed by atoms with Crippen LogP contribution in [0, 0.1) is 0 Å². The van der Waals surface area contributed by atoms with Gasteiger partial charge in [-0.05, 0) is 38.5 Å². The van der Waals surface area contributed by atoms with Crippen LogP contribution in [0.5, 0.6) is 0 Å². The van der Waals surface area contributed by atoms with E-state index in [1.807, 2.05) is 13.2 Å². The molecule has 0 saturated carbocycles. The van der Waals surface area contributed by atoms with Gasteiger partial charge in [0.25, 0.3) is 10.2 Å². The summed E-state index contributed by atoms with van der Waals surface area (Å²) in [7, 11) is -3.37. The molecule has 2 atom stereocenters. The lowest BCUT2D eigenvalue weighted by molar-refractivity contribution is 0.242. The van der Waals surface area contributed by atoms with Gasteiger partial charge < -0.3 is 5.32 Å². The third-order valence-electron chi connectivity index (χ3n) is 3.86. The van der Waals surface area contributed by atoms with Crippen molar-refractivity contribution in [3.05, 3.63) is 0 Å². The van der Waals surface area contributed by atoms with E-state index < -0.39 is 10.2 Å². The van der Waals surface area contributed by atoms with Crippen LogP contribution in [0.25, 0.3) is 0 Å². The van der Waals surface area contributed by atoms with Crippen LogP contribution in [0.1, 0.15) is 46.0 Å². The van der Waals surface area contributed by atoms with Gasteiger partial charge in [0.1, 0.15) is 0 Å². The minimum absolute atomic E-state index is 0.0242. The van der Waals surface area contributed by atoms with Crippen molar-refractivity contribution in [1.29, 1.82) is 0 Å². The van der Waals surface area contributed by atoms with Gasteiger partial charge in [0.05, 0.1) is 0 Å². The number of nitrogens with zero attached hydrogens (tertiary/aromatic N) is 1. The lowest BCUT2D eigenvalue weighted by Crippen LogP contribution is -2.54. The molecule has 1 fully saturated rings. The molecule has 0 spiro atoms. The summed E-state index contributed by atoms with van der Waals surface area (Å²) in [6.07, 6.45) is 6.94. The van der Waals surface area contributed by atoms with E-state index in [1.54, 1.807) is 16.1 Å². The summed E-state index contributed by atoms with van der Waals surface area (Å²) < 4.78 is 29.9. The van der Waals surface area contributed by atoms with Gasteiger partial charge in [-0.2, -0.15) is 29.2 Å². The van der Waals surface area contributed by atoms with Crippen molar-refractivity contribution in [2.75, 3.05) is 31.6 Å². The van der Waals surface area contributed by atoms with Gasteiger partial charge in [-0.3, -0.25) is 0 Å². The number of rotatable bonds is 10. The van der Waals surface area contributed by atoms with Gasteiger partial charge in [0.15, 0.2) is 0 Å². The highest BCUT2D eigenvalue weighted by Crippen LogP contribution is 2.20. The largest absolute Gasteiger partial charge is 0.315 e. The van der Waals surface area contributed by atoms with E-state index in [0.29, 0.717) is 6.54 Å². The molecule has 126 valence electrons. The van der Waals surface area contributed by atoms with Crippen molar-refractivity contribution >= 4 is 22.0 Å². The number of thioether (sulfide) groups is 1. The number of hydrogen-bond acceptors (Lipinski definition) is 4. The van der Waals surface area contributed by atoms with E-state index in [2.05, 4.69) is 17.0 Å². The first-order valence-electron chi connectivity index (χ1n) is 8.03.